The fraction of sp³-hybridized carbons (Fsp3) is 0.185. The molecule has 33 heavy (non-hydrogen) atoms. The van der Waals surface area contributed by atoms with E-state index in [0.717, 1.165) is 11.1 Å². The summed E-state index contributed by atoms with van der Waals surface area (Å²) >= 11 is 0. The molecule has 0 atom stereocenters. The number of rotatable bonds is 10. The SMILES string of the molecule is CCOc1cc(/C=C/C(=O)c2cccc(OC)c2)ccc1OCC(=O)Nc1ccc(C)cc1. The molecule has 170 valence electrons. The van der Waals surface area contributed by atoms with Crippen LogP contribution in [0.5, 0.6) is 17.2 Å². The van der Waals surface area contributed by atoms with E-state index >= 15 is 0 Å². The van der Waals surface area contributed by atoms with Crippen molar-refractivity contribution in [1.82, 2.24) is 0 Å². The maximum absolute atomic E-state index is 12.5. The Hall–Kier alpha value is -4.06. The van der Waals surface area contributed by atoms with Crippen molar-refractivity contribution in [2.45, 2.75) is 13.8 Å². The fourth-order valence-corrected chi connectivity index (χ4v) is 3.04. The van der Waals surface area contributed by atoms with Gasteiger partial charge in [-0.05, 0) is 61.9 Å². The Balaban J connectivity index is 1.65. The molecular formula is C27H27NO5. The Labute approximate surface area is 193 Å². The van der Waals surface area contributed by atoms with Crippen LogP contribution in [-0.4, -0.2) is 32.0 Å². The highest BCUT2D eigenvalue weighted by molar-refractivity contribution is 6.07. The molecule has 1 N–H and O–H groups in total. The molecule has 0 aliphatic rings. The van der Waals surface area contributed by atoms with Gasteiger partial charge in [-0.15, -0.1) is 0 Å². The predicted octanol–water partition coefficient (Wildman–Crippen LogP) is 5.32. The molecule has 0 aliphatic carbocycles. The van der Waals surface area contributed by atoms with Crippen LogP contribution in [0, 0.1) is 6.92 Å². The molecule has 0 saturated heterocycles. The van der Waals surface area contributed by atoms with E-state index in [1.54, 1.807) is 55.7 Å². The number of hydrogen-bond acceptors (Lipinski definition) is 5. The number of ether oxygens (including phenoxy) is 3. The van der Waals surface area contributed by atoms with Crippen LogP contribution in [0.4, 0.5) is 5.69 Å². The number of amides is 1. The summed E-state index contributed by atoms with van der Waals surface area (Å²) in [7, 11) is 1.56. The third-order valence-electron chi connectivity index (χ3n) is 4.74. The van der Waals surface area contributed by atoms with Crippen LogP contribution in [0.2, 0.25) is 0 Å². The number of ketones is 1. The molecule has 6 heteroatoms. The molecule has 0 fully saturated rings. The Morgan fingerprint density at radius 3 is 2.45 bits per heavy atom. The second-order valence-corrected chi connectivity index (χ2v) is 7.27. The number of allylic oxidation sites excluding steroid dienone is 1. The number of hydrogen-bond donors (Lipinski definition) is 1. The van der Waals surface area contributed by atoms with Crippen LogP contribution in [-0.2, 0) is 4.79 Å². The predicted molar refractivity (Wildman–Crippen MR) is 129 cm³/mol. The van der Waals surface area contributed by atoms with Gasteiger partial charge in [-0.3, -0.25) is 9.59 Å². The lowest BCUT2D eigenvalue weighted by molar-refractivity contribution is -0.118. The average Bonchev–Trinajstić information content (AvgIpc) is 2.83. The zero-order valence-electron chi connectivity index (χ0n) is 19.0. The highest BCUT2D eigenvalue weighted by Gasteiger charge is 2.10. The molecule has 3 aromatic carbocycles. The zero-order chi connectivity index (χ0) is 23.6. The van der Waals surface area contributed by atoms with Gasteiger partial charge in [0, 0.05) is 11.3 Å². The van der Waals surface area contributed by atoms with Crippen molar-refractivity contribution in [3.63, 3.8) is 0 Å². The lowest BCUT2D eigenvalue weighted by Gasteiger charge is -2.13. The molecule has 3 rings (SSSR count). The third-order valence-corrected chi connectivity index (χ3v) is 4.74. The number of methoxy groups -OCH3 is 1. The zero-order valence-corrected chi connectivity index (χ0v) is 19.0. The van der Waals surface area contributed by atoms with Crippen LogP contribution in [0.25, 0.3) is 6.08 Å². The van der Waals surface area contributed by atoms with E-state index in [-0.39, 0.29) is 18.3 Å². The van der Waals surface area contributed by atoms with Gasteiger partial charge in [0.1, 0.15) is 5.75 Å². The first-order valence-electron chi connectivity index (χ1n) is 10.6. The van der Waals surface area contributed by atoms with Crippen molar-refractivity contribution < 1.29 is 23.8 Å². The second-order valence-electron chi connectivity index (χ2n) is 7.27. The van der Waals surface area contributed by atoms with E-state index < -0.39 is 0 Å². The Morgan fingerprint density at radius 1 is 0.939 bits per heavy atom. The molecule has 0 aliphatic heterocycles. The highest BCUT2D eigenvalue weighted by atomic mass is 16.5. The summed E-state index contributed by atoms with van der Waals surface area (Å²) in [5.74, 6) is 1.17. The molecule has 3 aromatic rings. The molecule has 0 bridgehead atoms. The molecule has 0 unspecified atom stereocenters. The van der Waals surface area contributed by atoms with Crippen LogP contribution >= 0.6 is 0 Å². The van der Waals surface area contributed by atoms with E-state index in [9.17, 15) is 9.59 Å². The number of carbonyl (C=O) groups excluding carboxylic acids is 2. The van der Waals surface area contributed by atoms with Gasteiger partial charge in [0.2, 0.25) is 0 Å². The van der Waals surface area contributed by atoms with Crippen molar-refractivity contribution in [3.05, 3.63) is 89.5 Å². The van der Waals surface area contributed by atoms with Crippen molar-refractivity contribution in [1.29, 1.82) is 0 Å². The van der Waals surface area contributed by atoms with Crippen LogP contribution in [0.15, 0.2) is 72.8 Å². The summed E-state index contributed by atoms with van der Waals surface area (Å²) in [4.78, 5) is 24.7. The van der Waals surface area contributed by atoms with E-state index in [0.29, 0.717) is 35.1 Å². The number of carbonyl (C=O) groups is 2. The summed E-state index contributed by atoms with van der Waals surface area (Å²) in [6, 6.07) is 19.8. The van der Waals surface area contributed by atoms with E-state index in [4.69, 9.17) is 14.2 Å². The van der Waals surface area contributed by atoms with Gasteiger partial charge in [0.05, 0.1) is 13.7 Å². The van der Waals surface area contributed by atoms with Crippen molar-refractivity contribution in [3.8, 4) is 17.2 Å². The summed E-state index contributed by atoms with van der Waals surface area (Å²) in [6.45, 7) is 4.12. The maximum Gasteiger partial charge on any atom is 0.262 e. The maximum atomic E-state index is 12.5. The standard InChI is InChI=1S/C27H27NO5/c1-4-32-26-16-20(10-14-24(29)21-6-5-7-23(17-21)31-3)11-15-25(26)33-18-27(30)28-22-12-8-19(2)9-13-22/h5-17H,4,18H2,1-3H3,(H,28,30)/b14-10+. The Bertz CT molecular complexity index is 1140. The van der Waals surface area contributed by atoms with Gasteiger partial charge < -0.3 is 19.5 Å². The van der Waals surface area contributed by atoms with E-state index in [1.807, 2.05) is 38.1 Å². The van der Waals surface area contributed by atoms with Crippen molar-refractivity contribution in [2.75, 3.05) is 25.6 Å². The molecule has 0 aromatic heterocycles. The second kappa shape index (κ2) is 11.5. The summed E-state index contributed by atoms with van der Waals surface area (Å²) in [5, 5.41) is 2.80. The minimum Gasteiger partial charge on any atom is -0.497 e. The number of anilines is 1. The molecule has 6 nitrogen and oxygen atoms in total. The smallest absolute Gasteiger partial charge is 0.262 e. The first kappa shape index (κ1) is 23.6. The first-order valence-corrected chi connectivity index (χ1v) is 10.6. The van der Waals surface area contributed by atoms with Gasteiger partial charge in [0.15, 0.2) is 23.9 Å². The van der Waals surface area contributed by atoms with Crippen LogP contribution < -0.4 is 19.5 Å². The fourth-order valence-electron chi connectivity index (χ4n) is 3.04. The van der Waals surface area contributed by atoms with Gasteiger partial charge in [0.25, 0.3) is 5.91 Å². The summed E-state index contributed by atoms with van der Waals surface area (Å²) in [5.41, 5.74) is 3.13. The van der Waals surface area contributed by atoms with E-state index in [1.165, 1.54) is 6.08 Å². The summed E-state index contributed by atoms with van der Waals surface area (Å²) < 4.78 is 16.5. The largest absolute Gasteiger partial charge is 0.497 e. The van der Waals surface area contributed by atoms with Crippen molar-refractivity contribution >= 4 is 23.5 Å². The molecule has 0 saturated carbocycles. The summed E-state index contributed by atoms with van der Waals surface area (Å²) in [6.07, 6.45) is 3.20. The van der Waals surface area contributed by atoms with Crippen LogP contribution in [0.3, 0.4) is 0 Å². The minimum absolute atomic E-state index is 0.139. The molecule has 0 heterocycles. The van der Waals surface area contributed by atoms with Gasteiger partial charge >= 0.3 is 0 Å². The van der Waals surface area contributed by atoms with Crippen molar-refractivity contribution in [2.24, 2.45) is 0 Å². The number of benzene rings is 3. The van der Waals surface area contributed by atoms with Gasteiger partial charge in [-0.2, -0.15) is 0 Å². The normalized spacial score (nSPS) is 10.6. The highest BCUT2D eigenvalue weighted by Crippen LogP contribution is 2.29. The topological polar surface area (TPSA) is 73.9 Å². The number of nitrogens with one attached hydrogen (secondary N) is 1. The molecular weight excluding hydrogens is 418 g/mol. The van der Waals surface area contributed by atoms with E-state index in [2.05, 4.69) is 5.32 Å². The number of aryl methyl sites for hydroxylation is 1. The lowest BCUT2D eigenvalue weighted by atomic mass is 10.1. The Kier molecular flexibility index (Phi) is 8.24. The Morgan fingerprint density at radius 2 is 1.73 bits per heavy atom. The lowest BCUT2D eigenvalue weighted by Crippen LogP contribution is -2.20. The third kappa shape index (κ3) is 6.97. The van der Waals surface area contributed by atoms with Crippen LogP contribution in [0.1, 0.15) is 28.4 Å². The molecule has 1 amide bonds. The monoisotopic (exact) mass is 445 g/mol. The van der Waals surface area contributed by atoms with Gasteiger partial charge in [-0.25, -0.2) is 0 Å². The quantitative estimate of drug-likeness (QED) is 0.338. The van der Waals surface area contributed by atoms with Gasteiger partial charge in [-0.1, -0.05) is 42.0 Å². The first-order chi connectivity index (χ1) is 16.0. The average molecular weight is 446 g/mol. The minimum atomic E-state index is -0.269. The molecule has 0 spiro atoms. The molecule has 0 radical (unpaired) electrons.